The Labute approximate surface area is 127 Å². The minimum atomic E-state index is -0.985. The van der Waals surface area contributed by atoms with Crippen molar-refractivity contribution >= 4 is 45.4 Å². The molecule has 0 unspecified atom stereocenters. The van der Waals surface area contributed by atoms with Crippen LogP contribution in [0.4, 0.5) is 8.78 Å². The minimum Gasteiger partial charge on any atom is -0.227 e. The SMILES string of the molecule is Cc1csc(-c2nc(Cl)c3cc(F)c(F)cc3n2)c1Cl. The van der Waals surface area contributed by atoms with E-state index in [9.17, 15) is 8.78 Å². The first-order valence-corrected chi connectivity index (χ1v) is 7.17. The normalized spacial score (nSPS) is 11.2. The van der Waals surface area contributed by atoms with E-state index in [1.54, 1.807) is 0 Å². The summed E-state index contributed by atoms with van der Waals surface area (Å²) in [5.74, 6) is -1.66. The van der Waals surface area contributed by atoms with E-state index in [1.807, 2.05) is 12.3 Å². The van der Waals surface area contributed by atoms with Gasteiger partial charge in [-0.15, -0.1) is 11.3 Å². The van der Waals surface area contributed by atoms with Crippen LogP contribution in [0.1, 0.15) is 5.56 Å². The van der Waals surface area contributed by atoms with Crippen molar-refractivity contribution in [3.63, 3.8) is 0 Å². The molecule has 0 saturated carbocycles. The van der Waals surface area contributed by atoms with E-state index >= 15 is 0 Å². The van der Waals surface area contributed by atoms with E-state index < -0.39 is 11.6 Å². The average Bonchev–Trinajstić information content (AvgIpc) is 2.72. The van der Waals surface area contributed by atoms with E-state index in [0.29, 0.717) is 15.7 Å². The summed E-state index contributed by atoms with van der Waals surface area (Å²) in [6.07, 6.45) is 0. The van der Waals surface area contributed by atoms with Crippen LogP contribution >= 0.6 is 34.5 Å². The Balaban J connectivity index is 2.29. The van der Waals surface area contributed by atoms with Gasteiger partial charge in [0.15, 0.2) is 17.5 Å². The molecule has 7 heteroatoms. The number of hydrogen-bond acceptors (Lipinski definition) is 3. The van der Waals surface area contributed by atoms with Crippen molar-refractivity contribution in [2.75, 3.05) is 0 Å². The number of rotatable bonds is 1. The molecule has 0 amide bonds. The highest BCUT2D eigenvalue weighted by atomic mass is 35.5. The van der Waals surface area contributed by atoms with Crippen LogP contribution in [-0.2, 0) is 0 Å². The van der Waals surface area contributed by atoms with E-state index in [1.165, 1.54) is 11.3 Å². The van der Waals surface area contributed by atoms with Crippen molar-refractivity contribution in [3.05, 3.63) is 44.9 Å². The van der Waals surface area contributed by atoms with Crippen LogP contribution in [0.2, 0.25) is 10.2 Å². The molecule has 20 heavy (non-hydrogen) atoms. The van der Waals surface area contributed by atoms with Crippen LogP contribution in [-0.4, -0.2) is 9.97 Å². The van der Waals surface area contributed by atoms with Crippen LogP contribution in [0.3, 0.4) is 0 Å². The summed E-state index contributed by atoms with van der Waals surface area (Å²) < 4.78 is 26.5. The first kappa shape index (κ1) is 13.7. The molecule has 2 aromatic heterocycles. The highest BCUT2D eigenvalue weighted by Crippen LogP contribution is 2.36. The molecule has 0 atom stereocenters. The van der Waals surface area contributed by atoms with E-state index in [2.05, 4.69) is 9.97 Å². The van der Waals surface area contributed by atoms with Gasteiger partial charge < -0.3 is 0 Å². The molecule has 0 spiro atoms. The zero-order valence-corrected chi connectivity index (χ0v) is 12.4. The summed E-state index contributed by atoms with van der Waals surface area (Å²) in [4.78, 5) is 8.96. The second-order valence-corrected chi connectivity index (χ2v) is 5.80. The highest BCUT2D eigenvalue weighted by molar-refractivity contribution is 7.14. The van der Waals surface area contributed by atoms with E-state index in [0.717, 1.165) is 17.7 Å². The molecule has 3 aromatic rings. The van der Waals surface area contributed by atoms with E-state index in [-0.39, 0.29) is 16.1 Å². The maximum atomic E-state index is 13.3. The zero-order chi connectivity index (χ0) is 14.4. The molecule has 2 heterocycles. The Morgan fingerprint density at radius 3 is 2.45 bits per heavy atom. The fourth-order valence-corrected chi connectivity index (χ4v) is 3.21. The minimum absolute atomic E-state index is 0.0611. The molecule has 3 rings (SSSR count). The molecule has 1 aromatic carbocycles. The topological polar surface area (TPSA) is 25.8 Å². The van der Waals surface area contributed by atoms with Crippen molar-refractivity contribution in [2.24, 2.45) is 0 Å². The number of fused-ring (bicyclic) bond motifs is 1. The molecule has 0 aliphatic rings. The fourth-order valence-electron chi connectivity index (χ4n) is 1.77. The Bertz CT molecular complexity index is 833. The summed E-state index contributed by atoms with van der Waals surface area (Å²) in [5, 5.41) is 2.72. The lowest BCUT2D eigenvalue weighted by Crippen LogP contribution is -1.93. The molecule has 0 aliphatic heterocycles. The molecule has 0 radical (unpaired) electrons. The van der Waals surface area contributed by atoms with Crippen LogP contribution in [0.5, 0.6) is 0 Å². The lowest BCUT2D eigenvalue weighted by atomic mass is 10.2. The van der Waals surface area contributed by atoms with Crippen LogP contribution in [0.25, 0.3) is 21.6 Å². The number of aromatic nitrogens is 2. The second kappa shape index (κ2) is 4.91. The van der Waals surface area contributed by atoms with Gasteiger partial charge in [0.25, 0.3) is 0 Å². The Hall–Kier alpha value is -1.30. The number of hydrogen-bond donors (Lipinski definition) is 0. The number of benzene rings is 1. The van der Waals surface area contributed by atoms with E-state index in [4.69, 9.17) is 23.2 Å². The Morgan fingerprint density at radius 1 is 1.10 bits per heavy atom. The molecule has 102 valence electrons. The van der Waals surface area contributed by atoms with Gasteiger partial charge in [0.2, 0.25) is 0 Å². The Kier molecular flexibility index (Phi) is 3.36. The van der Waals surface area contributed by atoms with Gasteiger partial charge in [0.1, 0.15) is 5.15 Å². The van der Waals surface area contributed by atoms with Crippen molar-refractivity contribution in [2.45, 2.75) is 6.92 Å². The van der Waals surface area contributed by atoms with Gasteiger partial charge in [-0.3, -0.25) is 0 Å². The molecular formula is C13H6Cl2F2N2S. The first-order valence-electron chi connectivity index (χ1n) is 5.53. The Morgan fingerprint density at radius 2 is 1.80 bits per heavy atom. The maximum absolute atomic E-state index is 13.3. The molecular weight excluding hydrogens is 325 g/mol. The lowest BCUT2D eigenvalue weighted by molar-refractivity contribution is 0.510. The predicted octanol–water partition coefficient (Wildman–Crippen LogP) is 5.25. The van der Waals surface area contributed by atoms with Crippen molar-refractivity contribution in [1.29, 1.82) is 0 Å². The smallest absolute Gasteiger partial charge is 0.173 e. The third kappa shape index (κ3) is 2.16. The third-order valence-electron chi connectivity index (χ3n) is 2.79. The van der Waals surface area contributed by atoms with Gasteiger partial charge in [-0.1, -0.05) is 23.2 Å². The van der Waals surface area contributed by atoms with Gasteiger partial charge in [0, 0.05) is 11.5 Å². The average molecular weight is 331 g/mol. The van der Waals surface area contributed by atoms with Crippen molar-refractivity contribution in [3.8, 4) is 10.7 Å². The second-order valence-electron chi connectivity index (χ2n) is 4.18. The van der Waals surface area contributed by atoms with Gasteiger partial charge >= 0.3 is 0 Å². The maximum Gasteiger partial charge on any atom is 0.173 e. The molecule has 0 fully saturated rings. The summed E-state index contributed by atoms with van der Waals surface area (Å²) in [6, 6.07) is 1.98. The van der Waals surface area contributed by atoms with Gasteiger partial charge in [-0.25, -0.2) is 18.7 Å². The molecule has 0 saturated heterocycles. The van der Waals surface area contributed by atoms with Gasteiger partial charge in [0.05, 0.1) is 15.4 Å². The predicted molar refractivity (Wildman–Crippen MR) is 77.5 cm³/mol. The van der Waals surface area contributed by atoms with Crippen molar-refractivity contribution in [1.82, 2.24) is 9.97 Å². The zero-order valence-electron chi connectivity index (χ0n) is 10.0. The van der Waals surface area contributed by atoms with Crippen LogP contribution in [0.15, 0.2) is 17.5 Å². The number of nitrogens with zero attached hydrogens (tertiary/aromatic N) is 2. The molecule has 0 N–H and O–H groups in total. The lowest BCUT2D eigenvalue weighted by Gasteiger charge is -2.04. The fraction of sp³-hybridized carbons (Fsp3) is 0.0769. The number of halogens is 4. The van der Waals surface area contributed by atoms with Crippen LogP contribution < -0.4 is 0 Å². The summed E-state index contributed by atoms with van der Waals surface area (Å²) in [7, 11) is 0. The van der Waals surface area contributed by atoms with Crippen molar-refractivity contribution < 1.29 is 8.78 Å². The molecule has 0 bridgehead atoms. The summed E-state index contributed by atoms with van der Waals surface area (Å²) in [6.45, 7) is 1.86. The monoisotopic (exact) mass is 330 g/mol. The number of aryl methyl sites for hydroxylation is 1. The molecule has 0 aliphatic carbocycles. The quantitative estimate of drug-likeness (QED) is 0.569. The third-order valence-corrected chi connectivity index (χ3v) is 4.77. The van der Waals surface area contributed by atoms with Gasteiger partial charge in [-0.05, 0) is 23.9 Å². The standard InChI is InChI=1S/C13H6Cl2F2N2S/c1-5-4-20-11(10(5)14)13-18-9-3-8(17)7(16)2-6(9)12(15)19-13/h2-4H,1H3. The first-order chi connectivity index (χ1) is 9.47. The number of thiophene rings is 1. The molecule has 2 nitrogen and oxygen atoms in total. The van der Waals surface area contributed by atoms with Gasteiger partial charge in [-0.2, -0.15) is 0 Å². The van der Waals surface area contributed by atoms with Crippen LogP contribution in [0, 0.1) is 18.6 Å². The summed E-state index contributed by atoms with van der Waals surface area (Å²) in [5.41, 5.74) is 1.14. The largest absolute Gasteiger partial charge is 0.227 e. The summed E-state index contributed by atoms with van der Waals surface area (Å²) >= 11 is 13.5. The highest BCUT2D eigenvalue weighted by Gasteiger charge is 2.16.